The molecule has 0 heterocycles. The van der Waals surface area contributed by atoms with Gasteiger partial charge in [0.05, 0.1) is 11.3 Å². The Morgan fingerprint density at radius 2 is 2.00 bits per heavy atom. The standard InChI is InChI=1S/C15H16F3N3O/c1-10(2)8-20-9-11(7-19)14(22)21-13-6-4-3-5-12(13)15(16,17)18/h3-6,9-10,20H,8H2,1-2H3,(H,21,22)/b11-9-. The number of anilines is 1. The predicted molar refractivity (Wildman–Crippen MR) is 76.6 cm³/mol. The summed E-state index contributed by atoms with van der Waals surface area (Å²) in [7, 11) is 0. The number of para-hydroxylation sites is 1. The fourth-order valence-electron chi connectivity index (χ4n) is 1.57. The molecule has 22 heavy (non-hydrogen) atoms. The molecule has 0 atom stereocenters. The zero-order chi connectivity index (χ0) is 16.8. The maximum absolute atomic E-state index is 12.8. The van der Waals surface area contributed by atoms with Gasteiger partial charge in [-0.3, -0.25) is 4.79 Å². The van der Waals surface area contributed by atoms with E-state index in [4.69, 9.17) is 5.26 Å². The zero-order valence-corrected chi connectivity index (χ0v) is 12.2. The summed E-state index contributed by atoms with van der Waals surface area (Å²) in [4.78, 5) is 11.9. The molecule has 0 fully saturated rings. The fourth-order valence-corrected chi connectivity index (χ4v) is 1.57. The molecule has 0 bridgehead atoms. The number of hydrogen-bond acceptors (Lipinski definition) is 3. The van der Waals surface area contributed by atoms with Gasteiger partial charge in [-0.05, 0) is 18.1 Å². The number of nitrogens with zero attached hydrogens (tertiary/aromatic N) is 1. The Bertz CT molecular complexity index is 601. The van der Waals surface area contributed by atoms with Crippen molar-refractivity contribution in [2.75, 3.05) is 11.9 Å². The summed E-state index contributed by atoms with van der Waals surface area (Å²) in [6, 6.07) is 6.26. The largest absolute Gasteiger partial charge is 0.418 e. The summed E-state index contributed by atoms with van der Waals surface area (Å²) < 4.78 is 38.5. The first-order valence-corrected chi connectivity index (χ1v) is 6.57. The molecule has 2 N–H and O–H groups in total. The smallest absolute Gasteiger partial charge is 0.389 e. The van der Waals surface area contributed by atoms with Gasteiger partial charge < -0.3 is 10.6 Å². The summed E-state index contributed by atoms with van der Waals surface area (Å²) in [5.41, 5.74) is -1.64. The monoisotopic (exact) mass is 311 g/mol. The molecular weight excluding hydrogens is 295 g/mol. The van der Waals surface area contributed by atoms with Crippen LogP contribution in [0.15, 0.2) is 36.0 Å². The van der Waals surface area contributed by atoms with Gasteiger partial charge in [-0.25, -0.2) is 0 Å². The minimum absolute atomic E-state index is 0.294. The SMILES string of the molecule is CC(C)CN/C=C(/C#N)C(=O)Nc1ccccc1C(F)(F)F. The second-order valence-electron chi connectivity index (χ2n) is 4.97. The molecule has 118 valence electrons. The van der Waals surface area contributed by atoms with Crippen molar-refractivity contribution in [1.29, 1.82) is 5.26 Å². The number of alkyl halides is 3. The summed E-state index contributed by atoms with van der Waals surface area (Å²) in [6.45, 7) is 4.41. The third kappa shape index (κ3) is 5.13. The molecule has 0 aliphatic rings. The van der Waals surface area contributed by atoms with Gasteiger partial charge in [0.25, 0.3) is 5.91 Å². The minimum Gasteiger partial charge on any atom is -0.389 e. The van der Waals surface area contributed by atoms with Crippen LogP contribution in [0.4, 0.5) is 18.9 Å². The van der Waals surface area contributed by atoms with Crippen LogP contribution in [0.5, 0.6) is 0 Å². The van der Waals surface area contributed by atoms with Crippen molar-refractivity contribution in [3.05, 3.63) is 41.6 Å². The Morgan fingerprint density at radius 3 is 2.55 bits per heavy atom. The highest BCUT2D eigenvalue weighted by molar-refractivity contribution is 6.06. The second kappa shape index (κ2) is 7.50. The molecule has 4 nitrogen and oxygen atoms in total. The highest BCUT2D eigenvalue weighted by Gasteiger charge is 2.33. The summed E-state index contributed by atoms with van der Waals surface area (Å²) in [6.07, 6.45) is -3.39. The highest BCUT2D eigenvalue weighted by Crippen LogP contribution is 2.34. The number of nitriles is 1. The lowest BCUT2D eigenvalue weighted by Crippen LogP contribution is -2.20. The highest BCUT2D eigenvalue weighted by atomic mass is 19.4. The van der Waals surface area contributed by atoms with E-state index in [0.29, 0.717) is 12.5 Å². The van der Waals surface area contributed by atoms with Crippen LogP contribution in [0.1, 0.15) is 19.4 Å². The van der Waals surface area contributed by atoms with Crippen LogP contribution in [-0.2, 0) is 11.0 Å². The summed E-state index contributed by atoms with van der Waals surface area (Å²) in [5.74, 6) is -0.597. The molecule has 0 aliphatic heterocycles. The van der Waals surface area contributed by atoms with Crippen LogP contribution in [0, 0.1) is 17.2 Å². The van der Waals surface area contributed by atoms with Gasteiger partial charge >= 0.3 is 6.18 Å². The minimum atomic E-state index is -4.59. The molecule has 0 aliphatic carbocycles. The third-order valence-corrected chi connectivity index (χ3v) is 2.62. The van der Waals surface area contributed by atoms with E-state index in [1.807, 2.05) is 13.8 Å². The van der Waals surface area contributed by atoms with Gasteiger partial charge in [0.2, 0.25) is 0 Å². The molecule has 0 unspecified atom stereocenters. The predicted octanol–water partition coefficient (Wildman–Crippen LogP) is 3.30. The average molecular weight is 311 g/mol. The van der Waals surface area contributed by atoms with Gasteiger partial charge in [0.15, 0.2) is 0 Å². The van der Waals surface area contributed by atoms with Crippen molar-refractivity contribution < 1.29 is 18.0 Å². The van der Waals surface area contributed by atoms with Crippen molar-refractivity contribution in [3.63, 3.8) is 0 Å². The number of halogens is 3. The molecule has 1 amide bonds. The number of rotatable bonds is 5. The third-order valence-electron chi connectivity index (χ3n) is 2.62. The van der Waals surface area contributed by atoms with E-state index >= 15 is 0 Å². The molecule has 1 rings (SSSR count). The normalized spacial score (nSPS) is 12.0. The second-order valence-corrected chi connectivity index (χ2v) is 4.97. The molecule has 7 heteroatoms. The number of carbonyl (C=O) groups excluding carboxylic acids is 1. The van der Waals surface area contributed by atoms with Gasteiger partial charge in [-0.1, -0.05) is 26.0 Å². The molecule has 0 saturated carbocycles. The topological polar surface area (TPSA) is 64.9 Å². The van der Waals surface area contributed by atoms with E-state index in [0.717, 1.165) is 12.1 Å². The van der Waals surface area contributed by atoms with E-state index in [9.17, 15) is 18.0 Å². The number of carbonyl (C=O) groups is 1. The summed E-state index contributed by atoms with van der Waals surface area (Å²) in [5, 5.41) is 13.8. The first-order chi connectivity index (χ1) is 10.3. The van der Waals surface area contributed by atoms with E-state index in [1.165, 1.54) is 18.3 Å². The fraction of sp³-hybridized carbons (Fsp3) is 0.333. The van der Waals surface area contributed by atoms with Gasteiger partial charge in [0.1, 0.15) is 11.6 Å². The maximum atomic E-state index is 12.8. The molecule has 0 spiro atoms. The molecule has 0 saturated heterocycles. The van der Waals surface area contributed by atoms with Crippen LogP contribution >= 0.6 is 0 Å². The van der Waals surface area contributed by atoms with E-state index in [2.05, 4.69) is 10.6 Å². The average Bonchev–Trinajstić information content (AvgIpc) is 2.42. The number of amides is 1. The number of nitrogens with one attached hydrogen (secondary N) is 2. The molecular formula is C15H16F3N3O. The van der Waals surface area contributed by atoms with Gasteiger partial charge in [-0.15, -0.1) is 0 Å². The van der Waals surface area contributed by atoms with E-state index in [1.54, 1.807) is 6.07 Å². The van der Waals surface area contributed by atoms with Crippen LogP contribution in [-0.4, -0.2) is 12.5 Å². The molecule has 1 aromatic carbocycles. The van der Waals surface area contributed by atoms with Gasteiger partial charge in [-0.2, -0.15) is 18.4 Å². The zero-order valence-electron chi connectivity index (χ0n) is 12.2. The van der Waals surface area contributed by atoms with Crippen molar-refractivity contribution in [2.24, 2.45) is 5.92 Å². The first-order valence-electron chi connectivity index (χ1n) is 6.57. The Hall–Kier alpha value is -2.49. The lowest BCUT2D eigenvalue weighted by Gasteiger charge is -2.13. The molecule has 0 radical (unpaired) electrons. The first kappa shape index (κ1) is 17.6. The lowest BCUT2D eigenvalue weighted by atomic mass is 10.1. The maximum Gasteiger partial charge on any atom is 0.418 e. The number of benzene rings is 1. The van der Waals surface area contributed by atoms with Crippen LogP contribution in [0.3, 0.4) is 0 Å². The molecule has 1 aromatic rings. The number of hydrogen-bond donors (Lipinski definition) is 2. The summed E-state index contributed by atoms with van der Waals surface area (Å²) >= 11 is 0. The van der Waals surface area contributed by atoms with Gasteiger partial charge in [0, 0.05) is 12.7 Å². The van der Waals surface area contributed by atoms with Crippen molar-refractivity contribution >= 4 is 11.6 Å². The Balaban J connectivity index is 2.91. The van der Waals surface area contributed by atoms with Crippen molar-refractivity contribution in [3.8, 4) is 6.07 Å². The Labute approximate surface area is 126 Å². The van der Waals surface area contributed by atoms with E-state index in [-0.39, 0.29) is 11.3 Å². The lowest BCUT2D eigenvalue weighted by molar-refractivity contribution is -0.137. The quantitative estimate of drug-likeness (QED) is 0.648. The Morgan fingerprint density at radius 1 is 1.36 bits per heavy atom. The van der Waals surface area contributed by atoms with Crippen LogP contribution in [0.2, 0.25) is 0 Å². The van der Waals surface area contributed by atoms with Crippen molar-refractivity contribution in [2.45, 2.75) is 20.0 Å². The molecule has 0 aromatic heterocycles. The van der Waals surface area contributed by atoms with Crippen LogP contribution in [0.25, 0.3) is 0 Å². The Kier molecular flexibility index (Phi) is 5.99. The van der Waals surface area contributed by atoms with E-state index < -0.39 is 17.6 Å². The van der Waals surface area contributed by atoms with Crippen molar-refractivity contribution in [1.82, 2.24) is 5.32 Å². The van der Waals surface area contributed by atoms with Crippen LogP contribution < -0.4 is 10.6 Å².